The zero-order chi connectivity index (χ0) is 91.5. The lowest BCUT2D eigenvalue weighted by molar-refractivity contribution is -0.142. The van der Waals surface area contributed by atoms with Crippen molar-refractivity contribution in [1.82, 2.24) is 79.3 Å². The van der Waals surface area contributed by atoms with Gasteiger partial charge in [0.15, 0.2) is 11.9 Å². The number of guanidine groups is 2. The molecule has 1 aromatic rings. The van der Waals surface area contributed by atoms with Crippen molar-refractivity contribution in [2.24, 2.45) is 68.4 Å². The normalized spacial score (nSPS) is 14.3. The second kappa shape index (κ2) is 50.5. The second-order valence-corrected chi connectivity index (χ2v) is 32.8. The molecule has 0 aromatic heterocycles. The number of aliphatic hydroxyl groups is 1. The van der Waals surface area contributed by atoms with E-state index in [9.17, 15) is 82.1 Å². The predicted octanol–water partition coefficient (Wildman–Crippen LogP) is 0.130. The number of hydrogen-bond donors (Lipinski definition) is 20. The Balaban J connectivity index is 3.53. The molecule has 0 aliphatic rings. The second-order valence-electron chi connectivity index (χ2n) is 32.8. The molecule has 1 aromatic carbocycles. The Hall–Kier alpha value is -11.2. The number of nitrogens with two attached hydrogens (primary N) is 4. The maximum absolute atomic E-state index is 14.6. The van der Waals surface area contributed by atoms with Gasteiger partial charge in [0.2, 0.25) is 70.9 Å². The third-order valence-corrected chi connectivity index (χ3v) is 19.0. The molecule has 0 saturated heterocycles. The minimum absolute atomic E-state index is 0.0138. The number of hydrogen-bond acceptors (Lipinski definition) is 19. The number of aliphatic imine (C=N–C) groups is 2. The zero-order valence-corrected chi connectivity index (χ0v) is 73.9. The molecule has 0 aliphatic carbocycles. The highest BCUT2D eigenvalue weighted by molar-refractivity contribution is 6.05. The third-order valence-electron chi connectivity index (χ3n) is 19.0. The summed E-state index contributed by atoms with van der Waals surface area (Å²) in [7, 11) is 1.34. The predicted molar refractivity (Wildman–Crippen MR) is 452 cm³/mol. The number of carbonyl (C=O) groups excluding carboxylic acids is 15. The highest BCUT2D eigenvalue weighted by Gasteiger charge is 2.40. The highest BCUT2D eigenvalue weighted by atomic mass is 16.3. The molecule has 668 valence electrons. The molecule has 24 N–H and O–H groups in total. The molecule has 38 heteroatoms. The van der Waals surface area contributed by atoms with E-state index in [0.717, 1.165) is 4.90 Å². The van der Waals surface area contributed by atoms with Gasteiger partial charge in [0.25, 0.3) is 17.7 Å². The molecule has 0 aliphatic heterocycles. The molecule has 0 radical (unpaired) electrons. The van der Waals surface area contributed by atoms with E-state index in [1.54, 1.807) is 96.9 Å². The van der Waals surface area contributed by atoms with E-state index in [1.807, 2.05) is 13.8 Å². The van der Waals surface area contributed by atoms with E-state index >= 15 is 0 Å². The van der Waals surface area contributed by atoms with Crippen LogP contribution in [0.2, 0.25) is 0 Å². The van der Waals surface area contributed by atoms with Gasteiger partial charge in [-0.1, -0.05) is 102 Å². The van der Waals surface area contributed by atoms with Gasteiger partial charge in [-0.15, -0.1) is 0 Å². The summed E-state index contributed by atoms with van der Waals surface area (Å²) in [6, 6.07) is -8.98. The van der Waals surface area contributed by atoms with Gasteiger partial charge in [-0.3, -0.25) is 81.9 Å². The number of benzene rings is 1. The lowest BCUT2D eigenvalue weighted by atomic mass is 9.97. The summed E-state index contributed by atoms with van der Waals surface area (Å²) >= 11 is 0. The first-order valence-electron chi connectivity index (χ1n) is 40.3. The van der Waals surface area contributed by atoms with Crippen LogP contribution in [0, 0.1) is 35.5 Å². The number of aromatic hydroxyl groups is 1. The molecule has 15 amide bonds. The Morgan fingerprint density at radius 2 is 0.857 bits per heavy atom. The SMILES string of the molecule is CCC(C)=C(NC(=O)C(NC(=O)C(NC(=O)C(CCCN=C(N)N)NC(=O)C(NC(=O)C(NC(=O)CC(NC(=O)C(NC(=O)C(NC(=O)C(C)N(C)C(=O)C(C)NC(=O)C(NC(=O)CC(C)C)=C(C)C)C(C)C)C(C)C)c1ccc(O)cc1)C(C)C)=C(C)C)C(C)C)C(C)C)C(=O)NC(C)C(=O)NC(C(=O)NCCCCN=C(N)N)C(C)(C)O. The number of carbonyl (C=O) groups is 15. The molecule has 119 heavy (non-hydrogen) atoms. The zero-order valence-electron chi connectivity index (χ0n) is 73.9. The van der Waals surface area contributed by atoms with Crippen molar-refractivity contribution < 1.29 is 82.1 Å². The van der Waals surface area contributed by atoms with Crippen molar-refractivity contribution in [2.45, 2.75) is 276 Å². The number of unbranched alkanes of at least 4 members (excludes halogenated alkanes) is 1. The Morgan fingerprint density at radius 1 is 0.445 bits per heavy atom. The number of phenols is 1. The van der Waals surface area contributed by atoms with Crippen molar-refractivity contribution in [3.8, 4) is 5.75 Å². The average Bonchev–Trinajstić information content (AvgIpc) is 0.917. The number of nitrogens with zero attached hydrogens (tertiary/aromatic N) is 3. The molecule has 0 heterocycles. The average molecular weight is 1680 g/mol. The fourth-order valence-electron chi connectivity index (χ4n) is 11.6. The number of nitrogens with one attached hydrogen (secondary N) is 14. The van der Waals surface area contributed by atoms with Crippen LogP contribution in [0.3, 0.4) is 0 Å². The van der Waals surface area contributed by atoms with Gasteiger partial charge in [-0.05, 0) is 171 Å². The van der Waals surface area contributed by atoms with E-state index in [2.05, 4.69) is 84.4 Å². The summed E-state index contributed by atoms with van der Waals surface area (Å²) in [6.07, 6.45) is 0.798. The first-order valence-corrected chi connectivity index (χ1v) is 40.3. The quantitative estimate of drug-likeness (QED) is 0.0178. The maximum atomic E-state index is 14.6. The van der Waals surface area contributed by atoms with Crippen LogP contribution >= 0.6 is 0 Å². The molecule has 0 saturated carbocycles. The Kier molecular flexibility index (Phi) is 44.9. The lowest BCUT2D eigenvalue weighted by Gasteiger charge is -2.31. The topological polar surface area (TPSA) is 597 Å². The van der Waals surface area contributed by atoms with Gasteiger partial charge in [0.1, 0.15) is 83.3 Å². The highest BCUT2D eigenvalue weighted by Crippen LogP contribution is 2.23. The van der Waals surface area contributed by atoms with E-state index in [1.165, 1.54) is 79.8 Å². The van der Waals surface area contributed by atoms with Gasteiger partial charge in [0.05, 0.1) is 18.1 Å². The molecular weight excluding hydrogens is 1540 g/mol. The number of likely N-dealkylation sites (N-methyl/N-ethyl adjacent to an activating group) is 1. The van der Waals surface area contributed by atoms with Crippen LogP contribution in [-0.4, -0.2) is 208 Å². The Bertz CT molecular complexity index is 3860. The van der Waals surface area contributed by atoms with Crippen LogP contribution in [0.25, 0.3) is 0 Å². The summed E-state index contributed by atoms with van der Waals surface area (Å²) in [5.41, 5.74) is 21.0. The van der Waals surface area contributed by atoms with Gasteiger partial charge in [-0.25, -0.2) is 0 Å². The summed E-state index contributed by atoms with van der Waals surface area (Å²) in [6.45, 7) is 36.8. The van der Waals surface area contributed by atoms with Crippen LogP contribution < -0.4 is 97.4 Å². The first kappa shape index (κ1) is 106. The Labute approximate surface area is 699 Å². The number of rotatable bonds is 48. The van der Waals surface area contributed by atoms with Crippen molar-refractivity contribution in [3.63, 3.8) is 0 Å². The van der Waals surface area contributed by atoms with Crippen LogP contribution in [0.1, 0.15) is 216 Å². The molecule has 11 atom stereocenters. The lowest BCUT2D eigenvalue weighted by Crippen LogP contribution is -2.61. The van der Waals surface area contributed by atoms with Crippen LogP contribution in [0.15, 0.2) is 68.1 Å². The van der Waals surface area contributed by atoms with E-state index in [-0.39, 0.29) is 90.9 Å². The van der Waals surface area contributed by atoms with Gasteiger partial charge < -0.3 is 112 Å². The van der Waals surface area contributed by atoms with Crippen molar-refractivity contribution in [3.05, 3.63) is 63.6 Å². The number of amides is 15. The van der Waals surface area contributed by atoms with Gasteiger partial charge >= 0.3 is 0 Å². The van der Waals surface area contributed by atoms with E-state index < -0.39 is 191 Å². The summed E-state index contributed by atoms with van der Waals surface area (Å²) in [5, 5.41) is 58.2. The molecule has 1 rings (SSSR count). The standard InChI is InChI=1S/C81H137N21O17/c1-25-47(18)64(76(116)89-48(19)66(106)101-65(81(22,23)119)77(117)86-34-26-27-35-87-79(82)83)100-75(115)63(46(16)17)99-74(114)62(45(14)15)96-68(108)53(29-28-36-88-80(84)85)91-70(110)59(42(8)9)97-72(112)58(41(6)7)94-56(105)38-54(51-30-32-52(103)33-31-51)92-71(111)60(43(10)11)98-73(113)61(44(12)13)95-67(107)50(21)102(24)78(118)49(20)90-69(109)57(40(4)5)93-55(104)37-39(2)3/h30-33,39,41,43-46,48-50,53-54,58,60-63,65,103,119H,25-29,34-38H2,1-24H3,(H,86,117)(H,89,116)(H,90,109)(H,91,110)(H,92,111)(H,93,104)(H,94,105)(H,95,107)(H,96,108)(H,97,112)(H,98,113)(H,99,114)(H,100,115)(H,101,106)(H4,82,83,87)(H4,84,85,88). The van der Waals surface area contributed by atoms with Crippen molar-refractivity contribution >= 4 is 101 Å². The van der Waals surface area contributed by atoms with Crippen LogP contribution in [0.5, 0.6) is 5.75 Å². The van der Waals surface area contributed by atoms with Crippen LogP contribution in [-0.2, 0) is 71.9 Å². The minimum Gasteiger partial charge on any atom is -0.508 e. The molecule has 0 bridgehead atoms. The largest absolute Gasteiger partial charge is 0.508 e. The van der Waals surface area contributed by atoms with Gasteiger partial charge in [-0.2, -0.15) is 0 Å². The smallest absolute Gasteiger partial charge is 0.268 e. The van der Waals surface area contributed by atoms with Crippen LogP contribution in [0.4, 0.5) is 0 Å². The van der Waals surface area contributed by atoms with E-state index in [0.29, 0.717) is 36.1 Å². The molecule has 11 unspecified atom stereocenters. The number of allylic oxidation sites excluding steroid dienone is 3. The number of phenolic OH excluding ortho intramolecular Hbond substituents is 1. The molecular formula is C81H137N21O17. The monoisotopic (exact) mass is 1680 g/mol. The third kappa shape index (κ3) is 36.7. The summed E-state index contributed by atoms with van der Waals surface area (Å²) < 4.78 is 0. The van der Waals surface area contributed by atoms with E-state index in [4.69, 9.17) is 22.9 Å². The summed E-state index contributed by atoms with van der Waals surface area (Å²) in [4.78, 5) is 219. The first-order chi connectivity index (χ1) is 55.1. The maximum Gasteiger partial charge on any atom is 0.268 e. The molecule has 0 spiro atoms. The minimum atomic E-state index is -1.77. The van der Waals surface area contributed by atoms with Crippen molar-refractivity contribution in [1.29, 1.82) is 0 Å². The molecule has 38 nitrogen and oxygen atoms in total. The molecule has 0 fully saturated rings. The fraction of sp³-hybridized carbons (Fsp3) is 0.642. The Morgan fingerprint density at radius 3 is 1.31 bits per heavy atom. The summed E-state index contributed by atoms with van der Waals surface area (Å²) in [5.74, 6) is -15.4. The van der Waals surface area contributed by atoms with Crippen molar-refractivity contribution in [2.75, 3.05) is 26.7 Å². The van der Waals surface area contributed by atoms with Gasteiger partial charge in [0, 0.05) is 33.1 Å². The fourth-order valence-corrected chi connectivity index (χ4v) is 11.6.